The molecule has 0 spiro atoms. The summed E-state index contributed by atoms with van der Waals surface area (Å²) >= 11 is 0. The Hall–Kier alpha value is -3.97. The molecule has 0 radical (unpaired) electrons. The number of carbonyl (C=O) groups excluding carboxylic acids is 1. The fraction of sp³-hybridized carbons (Fsp3) is 0.323. The van der Waals surface area contributed by atoms with Crippen molar-refractivity contribution in [1.82, 2.24) is 19.8 Å². The van der Waals surface area contributed by atoms with Gasteiger partial charge in [-0.15, -0.1) is 0 Å². The predicted octanol–water partition coefficient (Wildman–Crippen LogP) is 4.75. The van der Waals surface area contributed by atoms with Gasteiger partial charge in [-0.25, -0.2) is 0 Å². The number of nitrogens with zero attached hydrogens (tertiary/aromatic N) is 3. The molecule has 0 fully saturated rings. The van der Waals surface area contributed by atoms with Gasteiger partial charge >= 0.3 is 0 Å². The zero-order valence-corrected chi connectivity index (χ0v) is 22.2. The first-order chi connectivity index (χ1) is 18.5. The number of pyridine rings is 2. The van der Waals surface area contributed by atoms with E-state index >= 15 is 0 Å². The summed E-state index contributed by atoms with van der Waals surface area (Å²) in [5.74, 6) is 1.09. The minimum atomic E-state index is -0.0671. The number of nitrogens with one attached hydrogen (secondary N) is 1. The molecule has 38 heavy (non-hydrogen) atoms. The predicted molar refractivity (Wildman–Crippen MR) is 151 cm³/mol. The van der Waals surface area contributed by atoms with Gasteiger partial charge in [-0.05, 0) is 71.8 Å². The number of fused-ring (bicyclic) bond motifs is 1. The Balaban J connectivity index is 1.31. The van der Waals surface area contributed by atoms with Crippen LogP contribution in [0.1, 0.15) is 36.2 Å². The van der Waals surface area contributed by atoms with Crippen molar-refractivity contribution in [1.29, 1.82) is 0 Å². The molecular weight excluding hydrogens is 476 g/mol. The zero-order valence-electron chi connectivity index (χ0n) is 22.2. The van der Waals surface area contributed by atoms with Gasteiger partial charge in [0.1, 0.15) is 5.75 Å². The number of hydrogen-bond acceptors (Lipinski definition) is 5. The lowest BCUT2D eigenvalue weighted by molar-refractivity contribution is 0.0949. The van der Waals surface area contributed by atoms with E-state index in [1.54, 1.807) is 29.1 Å². The molecule has 0 saturated carbocycles. The van der Waals surface area contributed by atoms with Crippen molar-refractivity contribution in [3.05, 3.63) is 107 Å². The summed E-state index contributed by atoms with van der Waals surface area (Å²) in [6.45, 7) is 8.28. The van der Waals surface area contributed by atoms with Gasteiger partial charge in [-0.3, -0.25) is 19.5 Å². The number of amides is 1. The number of rotatable bonds is 13. The molecule has 1 amide bonds. The lowest BCUT2D eigenvalue weighted by Crippen LogP contribution is -2.32. The number of hydrogen-bond donors (Lipinski definition) is 1. The van der Waals surface area contributed by atoms with Crippen molar-refractivity contribution in [3.63, 3.8) is 0 Å². The monoisotopic (exact) mass is 512 g/mol. The minimum absolute atomic E-state index is 0.0385. The molecule has 7 heteroatoms. The van der Waals surface area contributed by atoms with Crippen LogP contribution < -0.4 is 15.6 Å². The topological polar surface area (TPSA) is 76.5 Å². The Labute approximate surface area is 224 Å². The summed E-state index contributed by atoms with van der Waals surface area (Å²) < 4.78 is 7.74. The average molecular weight is 513 g/mol. The maximum Gasteiger partial charge on any atom is 0.258 e. The fourth-order valence-electron chi connectivity index (χ4n) is 4.25. The van der Waals surface area contributed by atoms with Crippen LogP contribution in [0, 0.1) is 5.92 Å². The summed E-state index contributed by atoms with van der Waals surface area (Å²) in [6, 6.07) is 21.0. The molecule has 0 aliphatic heterocycles. The first-order valence-corrected chi connectivity index (χ1v) is 13.2. The lowest BCUT2D eigenvalue weighted by atomic mass is 10.2. The van der Waals surface area contributed by atoms with Crippen LogP contribution in [0.15, 0.2) is 90.1 Å². The number of aromatic nitrogens is 2. The molecule has 0 atom stereocenters. The van der Waals surface area contributed by atoms with E-state index in [-0.39, 0.29) is 11.5 Å². The zero-order chi connectivity index (χ0) is 26.7. The molecule has 2 aromatic carbocycles. The molecular formula is C31H36N4O3. The van der Waals surface area contributed by atoms with Crippen LogP contribution >= 0.6 is 0 Å². The maximum atomic E-state index is 12.9. The van der Waals surface area contributed by atoms with Crippen molar-refractivity contribution in [2.45, 2.75) is 33.4 Å². The van der Waals surface area contributed by atoms with Gasteiger partial charge in [0, 0.05) is 62.3 Å². The van der Waals surface area contributed by atoms with Gasteiger partial charge in [0.15, 0.2) is 0 Å². The Kier molecular flexibility index (Phi) is 9.65. The molecule has 2 heterocycles. The largest absolute Gasteiger partial charge is 0.494 e. The highest BCUT2D eigenvalue weighted by atomic mass is 16.5. The first kappa shape index (κ1) is 27.1. The second-order valence-corrected chi connectivity index (χ2v) is 9.86. The number of carbonyl (C=O) groups is 1. The molecule has 4 aromatic rings. The smallest absolute Gasteiger partial charge is 0.258 e. The van der Waals surface area contributed by atoms with Gasteiger partial charge in [0.2, 0.25) is 0 Å². The Morgan fingerprint density at radius 3 is 2.53 bits per heavy atom. The van der Waals surface area contributed by atoms with E-state index in [2.05, 4.69) is 29.0 Å². The Bertz CT molecular complexity index is 1370. The summed E-state index contributed by atoms with van der Waals surface area (Å²) in [4.78, 5) is 31.6. The van der Waals surface area contributed by atoms with Crippen LogP contribution in [-0.2, 0) is 13.1 Å². The first-order valence-electron chi connectivity index (χ1n) is 13.2. The molecule has 0 aliphatic carbocycles. The molecule has 0 aliphatic rings. The van der Waals surface area contributed by atoms with Crippen molar-refractivity contribution >= 4 is 16.7 Å². The van der Waals surface area contributed by atoms with E-state index in [0.29, 0.717) is 31.2 Å². The third-order valence-electron chi connectivity index (χ3n) is 6.37. The second kappa shape index (κ2) is 13.5. The van der Waals surface area contributed by atoms with Crippen molar-refractivity contribution < 1.29 is 9.53 Å². The van der Waals surface area contributed by atoms with Gasteiger partial charge in [-0.1, -0.05) is 32.0 Å². The minimum Gasteiger partial charge on any atom is -0.494 e. The average Bonchev–Trinajstić information content (AvgIpc) is 2.94. The third-order valence-corrected chi connectivity index (χ3v) is 6.37. The van der Waals surface area contributed by atoms with Crippen molar-refractivity contribution in [2.75, 3.05) is 26.2 Å². The van der Waals surface area contributed by atoms with Gasteiger partial charge < -0.3 is 14.6 Å². The Morgan fingerprint density at radius 1 is 1.00 bits per heavy atom. The highest BCUT2D eigenvalue weighted by molar-refractivity contribution is 5.94. The second-order valence-electron chi connectivity index (χ2n) is 9.86. The third kappa shape index (κ3) is 7.76. The molecule has 1 N–H and O–H groups in total. The van der Waals surface area contributed by atoms with E-state index < -0.39 is 0 Å². The van der Waals surface area contributed by atoms with E-state index in [1.165, 1.54) is 5.56 Å². The normalized spacial score (nSPS) is 11.3. The van der Waals surface area contributed by atoms with Crippen LogP contribution in [0.2, 0.25) is 0 Å². The molecule has 0 bridgehead atoms. The number of ether oxygens (including phenoxy) is 1. The van der Waals surface area contributed by atoms with E-state index in [9.17, 15) is 9.59 Å². The molecule has 0 saturated heterocycles. The quantitative estimate of drug-likeness (QED) is 0.262. The summed E-state index contributed by atoms with van der Waals surface area (Å²) in [5, 5.41) is 4.63. The maximum absolute atomic E-state index is 12.9. The van der Waals surface area contributed by atoms with Crippen LogP contribution in [0.25, 0.3) is 10.8 Å². The molecule has 0 unspecified atom stereocenters. The summed E-state index contributed by atoms with van der Waals surface area (Å²) in [5.41, 5.74) is 1.85. The molecule has 4 rings (SSSR count). The van der Waals surface area contributed by atoms with E-state index in [0.717, 1.165) is 42.6 Å². The number of benzene rings is 2. The van der Waals surface area contributed by atoms with Crippen LogP contribution in [-0.4, -0.2) is 46.6 Å². The lowest BCUT2D eigenvalue weighted by Gasteiger charge is -2.23. The molecule has 7 nitrogen and oxygen atoms in total. The van der Waals surface area contributed by atoms with Crippen LogP contribution in [0.4, 0.5) is 0 Å². The molecule has 198 valence electrons. The van der Waals surface area contributed by atoms with Crippen LogP contribution in [0.5, 0.6) is 5.75 Å². The summed E-state index contributed by atoms with van der Waals surface area (Å²) in [7, 11) is 0. The van der Waals surface area contributed by atoms with E-state index in [1.807, 2.05) is 60.8 Å². The van der Waals surface area contributed by atoms with Gasteiger partial charge in [0.25, 0.3) is 11.5 Å². The SMILES string of the molecule is CC(C)CNC(=O)c1ccc(OCCCN(CCn2ccc3ccccc3c2=O)Cc2ccncc2)cc1. The highest BCUT2D eigenvalue weighted by Gasteiger charge is 2.10. The van der Waals surface area contributed by atoms with Gasteiger partial charge in [0.05, 0.1) is 6.61 Å². The highest BCUT2D eigenvalue weighted by Crippen LogP contribution is 2.13. The Morgan fingerprint density at radius 2 is 1.76 bits per heavy atom. The fourth-order valence-corrected chi connectivity index (χ4v) is 4.25. The summed E-state index contributed by atoms with van der Waals surface area (Å²) in [6.07, 6.45) is 6.31. The van der Waals surface area contributed by atoms with E-state index in [4.69, 9.17) is 4.74 Å². The van der Waals surface area contributed by atoms with Gasteiger partial charge in [-0.2, -0.15) is 0 Å². The van der Waals surface area contributed by atoms with Crippen molar-refractivity contribution in [3.8, 4) is 5.75 Å². The van der Waals surface area contributed by atoms with Crippen molar-refractivity contribution in [2.24, 2.45) is 5.92 Å². The molecule has 2 aromatic heterocycles. The van der Waals surface area contributed by atoms with Crippen LogP contribution in [0.3, 0.4) is 0 Å². The standard InChI is InChI=1S/C31H36N4O3/c1-24(2)22-33-30(36)27-8-10-28(11-9-27)38-21-5-17-34(23-25-12-15-32-16-13-25)19-20-35-18-14-26-6-3-4-7-29(26)31(35)37/h3-4,6-16,18,24H,5,17,19-23H2,1-2H3,(H,33,36).